The van der Waals surface area contributed by atoms with Gasteiger partial charge in [0.25, 0.3) is 0 Å². The molecule has 1 heterocycles. The van der Waals surface area contributed by atoms with Crippen LogP contribution < -0.4 is 5.73 Å². The lowest BCUT2D eigenvalue weighted by Gasteiger charge is -2.04. The lowest BCUT2D eigenvalue weighted by Crippen LogP contribution is -2.13. The van der Waals surface area contributed by atoms with Crippen LogP contribution in [0.1, 0.15) is 30.0 Å². The molecule has 0 spiro atoms. The number of nitrogens with zero attached hydrogens (tertiary/aromatic N) is 2. The fraction of sp³-hybridized carbons (Fsp3) is 0.375. The third-order valence-corrected chi connectivity index (χ3v) is 2.42. The van der Waals surface area contributed by atoms with E-state index in [2.05, 4.69) is 9.97 Å². The molecule has 1 aliphatic carbocycles. The third-order valence-electron chi connectivity index (χ3n) is 2.02. The van der Waals surface area contributed by atoms with Crippen molar-refractivity contribution in [3.8, 4) is 0 Å². The first kappa shape index (κ1) is 8.84. The number of rotatable bonds is 2. The first-order valence-electron chi connectivity index (χ1n) is 4.00. The molecule has 0 unspecified atom stereocenters. The van der Waals surface area contributed by atoms with Crippen LogP contribution in [0.25, 0.3) is 0 Å². The van der Waals surface area contributed by atoms with Gasteiger partial charge in [-0.3, -0.25) is 0 Å². The van der Waals surface area contributed by atoms with Gasteiger partial charge in [-0.05, 0) is 24.4 Å². The molecule has 0 bridgehead atoms. The first-order chi connectivity index (χ1) is 6.18. The zero-order valence-electron chi connectivity index (χ0n) is 6.83. The third kappa shape index (κ3) is 1.78. The van der Waals surface area contributed by atoms with Crippen molar-refractivity contribution in [2.75, 3.05) is 0 Å². The van der Waals surface area contributed by atoms with Gasteiger partial charge in [-0.2, -0.15) is 0 Å². The van der Waals surface area contributed by atoms with Gasteiger partial charge in [-0.25, -0.2) is 9.97 Å². The van der Waals surface area contributed by atoms with Gasteiger partial charge in [0.05, 0.1) is 5.69 Å². The Labute approximate surface area is 86.3 Å². The van der Waals surface area contributed by atoms with E-state index in [0.717, 1.165) is 24.1 Å². The Balaban J connectivity index is 2.47. The van der Waals surface area contributed by atoms with Crippen molar-refractivity contribution in [1.29, 1.82) is 0 Å². The molecule has 1 saturated carbocycles. The van der Waals surface area contributed by atoms with Gasteiger partial charge in [-0.1, -0.05) is 12.2 Å². The number of thiocarbonyl (C=S) groups is 1. The Morgan fingerprint density at radius 1 is 1.62 bits per heavy atom. The Bertz CT molecular complexity index is 362. The molecule has 2 N–H and O–H groups in total. The molecule has 5 heteroatoms. The molecule has 3 nitrogen and oxygen atoms in total. The molecule has 0 amide bonds. The van der Waals surface area contributed by atoms with Gasteiger partial charge in [0, 0.05) is 17.7 Å². The van der Waals surface area contributed by atoms with E-state index in [1.54, 1.807) is 6.20 Å². The minimum absolute atomic E-state index is 0.266. The van der Waals surface area contributed by atoms with Crippen molar-refractivity contribution in [3.63, 3.8) is 0 Å². The lowest BCUT2D eigenvalue weighted by molar-refractivity contribution is 0.980. The Morgan fingerprint density at radius 2 is 2.31 bits per heavy atom. The highest BCUT2D eigenvalue weighted by Crippen LogP contribution is 2.40. The van der Waals surface area contributed by atoms with E-state index in [9.17, 15) is 0 Å². The van der Waals surface area contributed by atoms with Crippen LogP contribution in [-0.4, -0.2) is 15.0 Å². The molecule has 0 saturated heterocycles. The van der Waals surface area contributed by atoms with Crippen molar-refractivity contribution in [3.05, 3.63) is 22.7 Å². The van der Waals surface area contributed by atoms with Gasteiger partial charge in [0.1, 0.15) is 4.99 Å². The van der Waals surface area contributed by atoms with Crippen LogP contribution in [0.15, 0.2) is 6.20 Å². The SMILES string of the molecule is NC(=S)c1cnc(Cl)nc1C1CC1. The monoisotopic (exact) mass is 213 g/mol. The van der Waals surface area contributed by atoms with E-state index >= 15 is 0 Å². The number of hydrogen-bond donors (Lipinski definition) is 1. The Kier molecular flexibility index (Phi) is 2.17. The van der Waals surface area contributed by atoms with Crippen LogP contribution in [0.3, 0.4) is 0 Å². The highest BCUT2D eigenvalue weighted by molar-refractivity contribution is 7.80. The van der Waals surface area contributed by atoms with Crippen molar-refractivity contribution in [2.24, 2.45) is 5.73 Å². The summed E-state index contributed by atoms with van der Waals surface area (Å²) in [6.07, 6.45) is 3.89. The number of halogens is 1. The molecule has 13 heavy (non-hydrogen) atoms. The molecule has 1 aliphatic rings. The van der Waals surface area contributed by atoms with Gasteiger partial charge in [-0.15, -0.1) is 0 Å². The van der Waals surface area contributed by atoms with E-state index in [4.69, 9.17) is 29.6 Å². The minimum atomic E-state index is 0.266. The van der Waals surface area contributed by atoms with Crippen molar-refractivity contribution in [2.45, 2.75) is 18.8 Å². The fourth-order valence-corrected chi connectivity index (χ4v) is 1.53. The minimum Gasteiger partial charge on any atom is -0.389 e. The van der Waals surface area contributed by atoms with Crippen LogP contribution in [0.2, 0.25) is 5.28 Å². The quantitative estimate of drug-likeness (QED) is 0.600. The molecule has 1 aromatic heterocycles. The maximum atomic E-state index is 5.69. The molecule has 0 aliphatic heterocycles. The maximum absolute atomic E-state index is 5.69. The molecular formula is C8H8ClN3S. The van der Waals surface area contributed by atoms with Crippen molar-refractivity contribution < 1.29 is 0 Å². The van der Waals surface area contributed by atoms with E-state index < -0.39 is 0 Å². The van der Waals surface area contributed by atoms with E-state index in [1.807, 2.05) is 0 Å². The molecule has 0 radical (unpaired) electrons. The summed E-state index contributed by atoms with van der Waals surface area (Å²) in [5, 5.41) is 0.266. The van der Waals surface area contributed by atoms with Gasteiger partial charge < -0.3 is 5.73 Å². The summed E-state index contributed by atoms with van der Waals surface area (Å²) >= 11 is 10.6. The van der Waals surface area contributed by atoms with E-state index in [-0.39, 0.29) is 5.28 Å². The summed E-state index contributed by atoms with van der Waals surface area (Å²) in [5.74, 6) is 0.483. The Hall–Kier alpha value is -0.740. The maximum Gasteiger partial charge on any atom is 0.222 e. The molecule has 2 rings (SSSR count). The zero-order valence-corrected chi connectivity index (χ0v) is 8.40. The fourth-order valence-electron chi connectivity index (χ4n) is 1.23. The predicted molar refractivity (Wildman–Crippen MR) is 54.9 cm³/mol. The highest BCUT2D eigenvalue weighted by Gasteiger charge is 2.28. The van der Waals surface area contributed by atoms with Gasteiger partial charge in [0.15, 0.2) is 0 Å². The van der Waals surface area contributed by atoms with Crippen LogP contribution in [0, 0.1) is 0 Å². The highest BCUT2D eigenvalue weighted by atomic mass is 35.5. The summed E-state index contributed by atoms with van der Waals surface area (Å²) < 4.78 is 0. The summed E-state index contributed by atoms with van der Waals surface area (Å²) in [7, 11) is 0. The molecule has 1 fully saturated rings. The average molecular weight is 214 g/mol. The van der Waals surface area contributed by atoms with Crippen LogP contribution in [-0.2, 0) is 0 Å². The topological polar surface area (TPSA) is 51.8 Å². The standard InChI is InChI=1S/C8H8ClN3S/c9-8-11-3-5(7(10)13)6(12-8)4-1-2-4/h3-4H,1-2H2,(H2,10,13). The largest absolute Gasteiger partial charge is 0.389 e. The first-order valence-corrected chi connectivity index (χ1v) is 4.79. The second-order valence-electron chi connectivity index (χ2n) is 3.08. The van der Waals surface area contributed by atoms with Crippen LogP contribution in [0.4, 0.5) is 0 Å². The molecule has 1 aromatic rings. The second kappa shape index (κ2) is 3.20. The van der Waals surface area contributed by atoms with Crippen molar-refractivity contribution >= 4 is 28.8 Å². The summed E-state index contributed by atoms with van der Waals surface area (Å²) in [6.45, 7) is 0. The average Bonchev–Trinajstić information content (AvgIpc) is 2.85. The predicted octanol–water partition coefficient (Wildman–Crippen LogP) is 1.64. The number of nitrogens with two attached hydrogens (primary N) is 1. The van der Waals surface area contributed by atoms with E-state index in [0.29, 0.717) is 10.9 Å². The molecule has 0 aromatic carbocycles. The second-order valence-corrected chi connectivity index (χ2v) is 3.85. The zero-order chi connectivity index (χ0) is 9.42. The smallest absolute Gasteiger partial charge is 0.222 e. The molecular weight excluding hydrogens is 206 g/mol. The summed E-state index contributed by atoms with van der Waals surface area (Å²) in [5.41, 5.74) is 7.21. The van der Waals surface area contributed by atoms with Crippen LogP contribution in [0.5, 0.6) is 0 Å². The normalized spacial score (nSPS) is 15.8. The molecule has 0 atom stereocenters. The molecule has 68 valence electrons. The van der Waals surface area contributed by atoms with E-state index in [1.165, 1.54) is 0 Å². The number of hydrogen-bond acceptors (Lipinski definition) is 3. The summed E-state index contributed by atoms with van der Waals surface area (Å²) in [6, 6.07) is 0. The summed E-state index contributed by atoms with van der Waals surface area (Å²) in [4.78, 5) is 8.35. The van der Waals surface area contributed by atoms with Gasteiger partial charge in [0.2, 0.25) is 5.28 Å². The number of aromatic nitrogens is 2. The van der Waals surface area contributed by atoms with Gasteiger partial charge >= 0.3 is 0 Å². The van der Waals surface area contributed by atoms with Crippen LogP contribution >= 0.6 is 23.8 Å². The lowest BCUT2D eigenvalue weighted by atomic mass is 10.1. The van der Waals surface area contributed by atoms with Crippen molar-refractivity contribution in [1.82, 2.24) is 9.97 Å². The Morgan fingerprint density at radius 3 is 2.85 bits per heavy atom.